The average Bonchev–Trinajstić information content (AvgIpc) is 2.05. The van der Waals surface area contributed by atoms with Crippen LogP contribution in [0.5, 0.6) is 0 Å². The third-order valence-electron chi connectivity index (χ3n) is 1.52. The van der Waals surface area contributed by atoms with Gasteiger partial charge in [0.25, 0.3) is 0 Å². The predicted octanol–water partition coefficient (Wildman–Crippen LogP) is -2.89. The molecule has 76 valence electrons. The zero-order chi connectivity index (χ0) is 10.4. The normalized spacial score (nSPS) is 10.8. The van der Waals surface area contributed by atoms with Gasteiger partial charge >= 0.3 is 0 Å². The second-order valence-electron chi connectivity index (χ2n) is 2.33. The van der Waals surface area contributed by atoms with E-state index in [-0.39, 0.29) is 6.42 Å². The molecule has 0 rings (SSSR count). The number of hydrogen-bond donors (Lipinski definition) is 0. The Morgan fingerprint density at radius 3 is 1.77 bits per heavy atom. The van der Waals surface area contributed by atoms with Crippen LogP contribution in [-0.4, -0.2) is 32.4 Å². The van der Waals surface area contributed by atoms with E-state index in [1.54, 1.807) is 0 Å². The van der Waals surface area contributed by atoms with Crippen LogP contribution in [0.1, 0.15) is 6.42 Å². The minimum Gasteiger partial charge on any atom is -0.549 e. The maximum Gasteiger partial charge on any atom is 0.157 e. The lowest BCUT2D eigenvalue weighted by molar-refractivity contribution is -0.334. The van der Waals surface area contributed by atoms with Crippen molar-refractivity contribution in [2.45, 2.75) is 12.7 Å². The Balaban J connectivity index is 4.24. The third-order valence-corrected chi connectivity index (χ3v) is 1.52. The molecule has 0 radical (unpaired) electrons. The molecule has 0 amide bonds. The van der Waals surface area contributed by atoms with Crippen LogP contribution in [-0.2, 0) is 19.1 Å². The second-order valence-corrected chi connectivity index (χ2v) is 2.33. The van der Waals surface area contributed by atoms with Gasteiger partial charge in [0.05, 0.1) is 11.9 Å². The molecule has 0 aromatic rings. The molecule has 0 N–H and O–H groups in total. The van der Waals surface area contributed by atoms with Crippen molar-refractivity contribution in [2.75, 3.05) is 14.2 Å². The van der Waals surface area contributed by atoms with Crippen molar-refractivity contribution in [3.05, 3.63) is 0 Å². The highest BCUT2D eigenvalue weighted by Gasteiger charge is 2.17. The molecule has 6 nitrogen and oxygen atoms in total. The summed E-state index contributed by atoms with van der Waals surface area (Å²) in [5, 5.41) is 20.5. The summed E-state index contributed by atoms with van der Waals surface area (Å²) in [7, 11) is 2.55. The van der Waals surface area contributed by atoms with Crippen LogP contribution >= 0.6 is 0 Å². The molecule has 0 unspecified atom stereocenters. The van der Waals surface area contributed by atoms with Crippen molar-refractivity contribution >= 4 is 11.9 Å². The van der Waals surface area contributed by atoms with Gasteiger partial charge in [-0.2, -0.15) is 0 Å². The zero-order valence-corrected chi connectivity index (χ0v) is 7.31. The highest BCUT2D eigenvalue weighted by atomic mass is 16.7. The Hall–Kier alpha value is -1.14. The van der Waals surface area contributed by atoms with E-state index in [2.05, 4.69) is 9.47 Å². The largest absolute Gasteiger partial charge is 0.549 e. The Morgan fingerprint density at radius 2 is 1.54 bits per heavy atom. The number of aliphatic carboxylic acids is 2. The summed E-state index contributed by atoms with van der Waals surface area (Å²) >= 11 is 0. The van der Waals surface area contributed by atoms with Crippen LogP contribution in [0.3, 0.4) is 0 Å². The van der Waals surface area contributed by atoms with Gasteiger partial charge in [-0.15, -0.1) is 0 Å². The number of ether oxygens (including phenoxy) is 2. The van der Waals surface area contributed by atoms with E-state index >= 15 is 0 Å². The molecule has 0 heterocycles. The van der Waals surface area contributed by atoms with Gasteiger partial charge in [-0.1, -0.05) is 0 Å². The van der Waals surface area contributed by atoms with Gasteiger partial charge in [0.2, 0.25) is 0 Å². The molecular weight excluding hydrogens is 180 g/mol. The van der Waals surface area contributed by atoms with Crippen molar-refractivity contribution in [3.63, 3.8) is 0 Å². The summed E-state index contributed by atoms with van der Waals surface area (Å²) < 4.78 is 9.25. The van der Waals surface area contributed by atoms with E-state index in [9.17, 15) is 19.8 Å². The van der Waals surface area contributed by atoms with Crippen LogP contribution in [0, 0.1) is 5.92 Å². The molecule has 0 bridgehead atoms. The van der Waals surface area contributed by atoms with Crippen LogP contribution in [0.25, 0.3) is 0 Å². The predicted molar refractivity (Wildman–Crippen MR) is 35.9 cm³/mol. The topological polar surface area (TPSA) is 98.7 Å². The molecule has 0 aromatic heterocycles. The number of carbonyl (C=O) groups excluding carboxylic acids is 2. The molecule has 0 aromatic carbocycles. The number of carbonyl (C=O) groups is 2. The van der Waals surface area contributed by atoms with E-state index in [1.165, 1.54) is 14.2 Å². The number of methoxy groups -OCH3 is 2. The van der Waals surface area contributed by atoms with Gasteiger partial charge in [-0.05, 0) is 0 Å². The molecule has 0 aliphatic rings. The highest BCUT2D eigenvalue weighted by molar-refractivity contribution is 5.90. The minimum absolute atomic E-state index is 0.336. The monoisotopic (exact) mass is 190 g/mol. The standard InChI is InChI=1S/C7H12O6/c1-12-5(13-2)3-4(6(8)9)7(10)11/h4-5H,3H2,1-2H3,(H,8,9)(H,10,11)/p-2. The molecule has 0 saturated carbocycles. The lowest BCUT2D eigenvalue weighted by atomic mass is 10.1. The van der Waals surface area contributed by atoms with Crippen LogP contribution in [0.2, 0.25) is 0 Å². The first kappa shape index (κ1) is 11.9. The molecule has 0 spiro atoms. The number of carboxylic acids is 2. The average molecular weight is 190 g/mol. The van der Waals surface area contributed by atoms with Gasteiger partial charge in [-0.3, -0.25) is 0 Å². The fourth-order valence-corrected chi connectivity index (χ4v) is 0.770. The fraction of sp³-hybridized carbons (Fsp3) is 0.714. The van der Waals surface area contributed by atoms with E-state index in [0.29, 0.717) is 0 Å². The number of hydrogen-bond acceptors (Lipinski definition) is 6. The lowest BCUT2D eigenvalue weighted by Gasteiger charge is -2.22. The second kappa shape index (κ2) is 5.50. The quantitative estimate of drug-likeness (QED) is 0.329. The summed E-state index contributed by atoms with van der Waals surface area (Å²) in [6.07, 6.45) is -1.22. The van der Waals surface area contributed by atoms with Crippen LogP contribution in [0.4, 0.5) is 0 Å². The number of carboxylic acid groups (broad SMARTS) is 2. The Bertz CT molecular complexity index is 171. The van der Waals surface area contributed by atoms with Gasteiger partial charge in [0.15, 0.2) is 6.29 Å². The Labute approximate surface area is 75.1 Å². The lowest BCUT2D eigenvalue weighted by Crippen LogP contribution is -2.45. The first-order chi connectivity index (χ1) is 6.02. The van der Waals surface area contributed by atoms with Crippen LogP contribution in [0.15, 0.2) is 0 Å². The molecule has 13 heavy (non-hydrogen) atoms. The van der Waals surface area contributed by atoms with Gasteiger partial charge in [-0.25, -0.2) is 0 Å². The minimum atomic E-state index is -1.72. The maximum atomic E-state index is 10.3. The van der Waals surface area contributed by atoms with E-state index in [1.807, 2.05) is 0 Å². The molecule has 0 aliphatic carbocycles. The summed E-state index contributed by atoms with van der Waals surface area (Å²) in [4.78, 5) is 20.5. The first-order valence-electron chi connectivity index (χ1n) is 3.50. The number of rotatable bonds is 6. The van der Waals surface area contributed by atoms with Crippen molar-refractivity contribution in [2.24, 2.45) is 5.92 Å². The van der Waals surface area contributed by atoms with Crippen molar-refractivity contribution in [3.8, 4) is 0 Å². The molecule has 0 aliphatic heterocycles. The van der Waals surface area contributed by atoms with Gasteiger partial charge < -0.3 is 29.3 Å². The summed E-state index contributed by atoms with van der Waals surface area (Å²) in [6, 6.07) is 0. The summed E-state index contributed by atoms with van der Waals surface area (Å²) in [5.74, 6) is -5.14. The first-order valence-corrected chi connectivity index (χ1v) is 3.50. The molecule has 6 heteroatoms. The molecule has 0 saturated heterocycles. The Kier molecular flexibility index (Phi) is 5.01. The zero-order valence-electron chi connectivity index (χ0n) is 7.31. The van der Waals surface area contributed by atoms with E-state index < -0.39 is 24.1 Å². The van der Waals surface area contributed by atoms with Gasteiger partial charge in [0.1, 0.15) is 0 Å². The Morgan fingerprint density at radius 1 is 1.15 bits per heavy atom. The smallest absolute Gasteiger partial charge is 0.157 e. The molecular formula is C7H10O6-2. The van der Waals surface area contributed by atoms with Gasteiger partial charge in [0, 0.05) is 26.6 Å². The third kappa shape index (κ3) is 3.86. The van der Waals surface area contributed by atoms with Crippen molar-refractivity contribution < 1.29 is 29.3 Å². The van der Waals surface area contributed by atoms with Crippen molar-refractivity contribution in [1.29, 1.82) is 0 Å². The maximum absolute atomic E-state index is 10.3. The summed E-state index contributed by atoms with van der Waals surface area (Å²) in [5.41, 5.74) is 0. The van der Waals surface area contributed by atoms with E-state index in [0.717, 1.165) is 0 Å². The molecule has 0 fully saturated rings. The fourth-order valence-electron chi connectivity index (χ4n) is 0.770. The van der Waals surface area contributed by atoms with Crippen molar-refractivity contribution in [1.82, 2.24) is 0 Å². The summed E-state index contributed by atoms with van der Waals surface area (Å²) in [6.45, 7) is 0. The van der Waals surface area contributed by atoms with Crippen LogP contribution < -0.4 is 10.2 Å². The molecule has 0 atom stereocenters. The van der Waals surface area contributed by atoms with E-state index in [4.69, 9.17) is 0 Å². The highest BCUT2D eigenvalue weighted by Crippen LogP contribution is 2.08. The SMILES string of the molecule is COC(CC(C(=O)[O-])C(=O)[O-])OC.